The summed E-state index contributed by atoms with van der Waals surface area (Å²) in [4.78, 5) is 22.9. The van der Waals surface area contributed by atoms with E-state index in [0.29, 0.717) is 10.4 Å². The second-order valence-electron chi connectivity index (χ2n) is 4.10. The van der Waals surface area contributed by atoms with E-state index in [1.807, 2.05) is 0 Å². The molecule has 0 radical (unpaired) electrons. The number of nitro groups is 1. The van der Waals surface area contributed by atoms with Crippen LogP contribution in [-0.4, -0.2) is 10.8 Å². The minimum Gasteiger partial charge on any atom is -0.347 e. The fourth-order valence-corrected chi connectivity index (χ4v) is 3.06. The SMILES string of the molecule is Cc1c(CNC(=O)c2ccc(Br)s2)cccc1[N+](=O)[O-]. The highest BCUT2D eigenvalue weighted by molar-refractivity contribution is 9.11. The van der Waals surface area contributed by atoms with Crippen LogP contribution >= 0.6 is 27.3 Å². The summed E-state index contributed by atoms with van der Waals surface area (Å²) in [5.74, 6) is -0.188. The van der Waals surface area contributed by atoms with Gasteiger partial charge in [0.2, 0.25) is 0 Å². The van der Waals surface area contributed by atoms with Crippen molar-refractivity contribution in [3.8, 4) is 0 Å². The van der Waals surface area contributed by atoms with E-state index in [-0.39, 0.29) is 18.1 Å². The van der Waals surface area contributed by atoms with E-state index in [1.165, 1.54) is 17.4 Å². The fraction of sp³-hybridized carbons (Fsp3) is 0.154. The monoisotopic (exact) mass is 354 g/mol. The van der Waals surface area contributed by atoms with Crippen LogP contribution in [0.2, 0.25) is 0 Å². The summed E-state index contributed by atoms with van der Waals surface area (Å²) in [6.07, 6.45) is 0. The van der Waals surface area contributed by atoms with E-state index in [1.54, 1.807) is 31.2 Å². The average Bonchev–Trinajstić information content (AvgIpc) is 2.83. The third-order valence-corrected chi connectivity index (χ3v) is 4.47. The molecular weight excluding hydrogens is 344 g/mol. The van der Waals surface area contributed by atoms with Gasteiger partial charge in [0.15, 0.2) is 0 Å². The zero-order valence-electron chi connectivity index (χ0n) is 10.6. The molecular formula is C13H11BrN2O3S. The summed E-state index contributed by atoms with van der Waals surface area (Å²) in [6, 6.07) is 8.38. The smallest absolute Gasteiger partial charge is 0.272 e. The quantitative estimate of drug-likeness (QED) is 0.672. The lowest BCUT2D eigenvalue weighted by Gasteiger charge is -2.07. The standard InChI is InChI=1S/C13H11BrN2O3S/c1-8-9(3-2-4-10(8)16(18)19)7-15-13(17)11-5-6-12(14)20-11/h2-6H,7H2,1H3,(H,15,17). The maximum Gasteiger partial charge on any atom is 0.272 e. The maximum atomic E-state index is 11.9. The molecule has 0 saturated carbocycles. The third-order valence-electron chi connectivity index (χ3n) is 2.85. The van der Waals surface area contributed by atoms with Crippen LogP contribution in [0.5, 0.6) is 0 Å². The van der Waals surface area contributed by atoms with Crippen LogP contribution in [0.15, 0.2) is 34.1 Å². The van der Waals surface area contributed by atoms with Crippen LogP contribution in [0, 0.1) is 17.0 Å². The molecule has 0 aliphatic heterocycles. The summed E-state index contributed by atoms with van der Waals surface area (Å²) >= 11 is 4.64. The lowest BCUT2D eigenvalue weighted by atomic mass is 10.1. The van der Waals surface area contributed by atoms with Crippen molar-refractivity contribution in [2.24, 2.45) is 0 Å². The molecule has 1 aromatic heterocycles. The van der Waals surface area contributed by atoms with Crippen molar-refractivity contribution in [1.29, 1.82) is 0 Å². The molecule has 1 N–H and O–H groups in total. The van der Waals surface area contributed by atoms with Gasteiger partial charge in [-0.1, -0.05) is 12.1 Å². The Kier molecular flexibility index (Phi) is 4.51. The molecule has 0 fully saturated rings. The van der Waals surface area contributed by atoms with Gasteiger partial charge in [-0.15, -0.1) is 11.3 Å². The van der Waals surface area contributed by atoms with E-state index in [2.05, 4.69) is 21.2 Å². The molecule has 0 saturated heterocycles. The third kappa shape index (κ3) is 3.23. The molecule has 0 aliphatic carbocycles. The number of carbonyl (C=O) groups is 1. The van der Waals surface area contributed by atoms with Crippen molar-refractivity contribution in [3.63, 3.8) is 0 Å². The summed E-state index contributed by atoms with van der Waals surface area (Å²) in [5.41, 5.74) is 1.38. The summed E-state index contributed by atoms with van der Waals surface area (Å²) in [7, 11) is 0. The average molecular weight is 355 g/mol. The van der Waals surface area contributed by atoms with Crippen molar-refractivity contribution < 1.29 is 9.72 Å². The number of hydrogen-bond donors (Lipinski definition) is 1. The van der Waals surface area contributed by atoms with Crippen molar-refractivity contribution in [2.75, 3.05) is 0 Å². The number of benzene rings is 1. The molecule has 0 atom stereocenters. The van der Waals surface area contributed by atoms with Gasteiger partial charge in [0.1, 0.15) is 0 Å². The predicted molar refractivity (Wildman–Crippen MR) is 81.0 cm³/mol. The molecule has 7 heteroatoms. The molecule has 0 unspecified atom stereocenters. The Labute approximate surface area is 127 Å². The number of rotatable bonds is 4. The largest absolute Gasteiger partial charge is 0.347 e. The summed E-state index contributed by atoms with van der Waals surface area (Å²) in [5, 5.41) is 13.6. The van der Waals surface area contributed by atoms with Gasteiger partial charge >= 0.3 is 0 Å². The highest BCUT2D eigenvalue weighted by Gasteiger charge is 2.14. The number of nitrogens with zero attached hydrogens (tertiary/aromatic N) is 1. The van der Waals surface area contributed by atoms with Gasteiger partial charge in [0, 0.05) is 18.2 Å². The number of nitro benzene ring substituents is 1. The Morgan fingerprint density at radius 3 is 2.75 bits per heavy atom. The van der Waals surface area contributed by atoms with E-state index in [4.69, 9.17) is 0 Å². The van der Waals surface area contributed by atoms with Gasteiger partial charge < -0.3 is 5.32 Å². The first-order valence-electron chi connectivity index (χ1n) is 5.75. The molecule has 0 spiro atoms. The van der Waals surface area contributed by atoms with Gasteiger partial charge in [0.05, 0.1) is 13.6 Å². The van der Waals surface area contributed by atoms with Gasteiger partial charge in [0.25, 0.3) is 11.6 Å². The molecule has 2 aromatic rings. The normalized spacial score (nSPS) is 10.3. The lowest BCUT2D eigenvalue weighted by molar-refractivity contribution is -0.385. The number of thiophene rings is 1. The van der Waals surface area contributed by atoms with Gasteiger partial charge in [-0.25, -0.2) is 0 Å². The Balaban J connectivity index is 2.10. The number of amides is 1. The zero-order valence-corrected chi connectivity index (χ0v) is 13.0. The first kappa shape index (κ1) is 14.7. The van der Waals surface area contributed by atoms with Gasteiger partial charge in [-0.3, -0.25) is 14.9 Å². The number of carbonyl (C=O) groups excluding carboxylic acids is 1. The first-order valence-corrected chi connectivity index (χ1v) is 7.36. The van der Waals surface area contributed by atoms with Crippen LogP contribution in [0.4, 0.5) is 5.69 Å². The van der Waals surface area contributed by atoms with Crippen LogP contribution < -0.4 is 5.32 Å². The maximum absolute atomic E-state index is 11.9. The van der Waals surface area contributed by atoms with E-state index >= 15 is 0 Å². The molecule has 104 valence electrons. The van der Waals surface area contributed by atoms with Crippen LogP contribution in [0.3, 0.4) is 0 Å². The van der Waals surface area contributed by atoms with Gasteiger partial charge in [-0.05, 0) is 40.5 Å². The molecule has 0 aliphatic rings. The van der Waals surface area contributed by atoms with Crippen molar-refractivity contribution in [2.45, 2.75) is 13.5 Å². The van der Waals surface area contributed by atoms with Crippen LogP contribution in [-0.2, 0) is 6.54 Å². The second kappa shape index (κ2) is 6.15. The van der Waals surface area contributed by atoms with Gasteiger partial charge in [-0.2, -0.15) is 0 Å². The van der Waals surface area contributed by atoms with Crippen LogP contribution in [0.1, 0.15) is 20.8 Å². The van der Waals surface area contributed by atoms with Crippen molar-refractivity contribution >= 4 is 38.9 Å². The molecule has 2 rings (SSSR count). The summed E-state index contributed by atoms with van der Waals surface area (Å²) < 4.78 is 0.883. The Morgan fingerprint density at radius 1 is 1.40 bits per heavy atom. The van der Waals surface area contributed by atoms with E-state index in [0.717, 1.165) is 9.35 Å². The molecule has 5 nitrogen and oxygen atoms in total. The van der Waals surface area contributed by atoms with Crippen molar-refractivity contribution in [3.05, 3.63) is 60.2 Å². The van der Waals surface area contributed by atoms with E-state index in [9.17, 15) is 14.9 Å². The van der Waals surface area contributed by atoms with Crippen molar-refractivity contribution in [1.82, 2.24) is 5.32 Å². The molecule has 1 heterocycles. The second-order valence-corrected chi connectivity index (χ2v) is 6.57. The summed E-state index contributed by atoms with van der Waals surface area (Å²) in [6.45, 7) is 1.95. The number of halogens is 1. The number of nitrogens with one attached hydrogen (secondary N) is 1. The number of hydrogen-bond acceptors (Lipinski definition) is 4. The molecule has 1 aromatic carbocycles. The molecule has 20 heavy (non-hydrogen) atoms. The molecule has 1 amide bonds. The highest BCUT2D eigenvalue weighted by Crippen LogP contribution is 2.23. The highest BCUT2D eigenvalue weighted by atomic mass is 79.9. The zero-order chi connectivity index (χ0) is 14.7. The van der Waals surface area contributed by atoms with E-state index < -0.39 is 4.92 Å². The molecule has 0 bridgehead atoms. The predicted octanol–water partition coefficient (Wildman–Crippen LogP) is 3.66. The van der Waals surface area contributed by atoms with Crippen LogP contribution in [0.25, 0.3) is 0 Å². The Morgan fingerprint density at radius 2 is 2.15 bits per heavy atom. The Hall–Kier alpha value is -1.73. The lowest BCUT2D eigenvalue weighted by Crippen LogP contribution is -2.22. The topological polar surface area (TPSA) is 72.2 Å². The minimum atomic E-state index is -0.420. The Bertz CT molecular complexity index is 669. The first-order chi connectivity index (χ1) is 9.49. The minimum absolute atomic E-state index is 0.0654. The fourth-order valence-electron chi connectivity index (χ4n) is 1.76.